The summed E-state index contributed by atoms with van der Waals surface area (Å²) in [5, 5.41) is 9.58. The molecule has 0 atom stereocenters. The molecule has 112 valence electrons. The molecule has 0 saturated carbocycles. The van der Waals surface area contributed by atoms with Crippen LogP contribution in [0.2, 0.25) is 0 Å². The number of hydrogen-bond acceptors (Lipinski definition) is 5. The van der Waals surface area contributed by atoms with Crippen LogP contribution in [0.3, 0.4) is 0 Å². The first-order valence-corrected chi connectivity index (χ1v) is 5.46. The Balaban J connectivity index is 3.08. The number of ether oxygens (including phenoxy) is 2. The van der Waals surface area contributed by atoms with Gasteiger partial charge in [0.2, 0.25) is 5.88 Å². The Hall–Kier alpha value is -2.06. The van der Waals surface area contributed by atoms with Gasteiger partial charge in [0.05, 0.1) is 18.7 Å². The molecule has 1 aromatic heterocycles. The fraction of sp³-hybridized carbons (Fsp3) is 0.455. The average Bonchev–Trinajstić information content (AvgIpc) is 2.31. The fourth-order valence-corrected chi connectivity index (χ4v) is 1.37. The summed E-state index contributed by atoms with van der Waals surface area (Å²) in [4.78, 5) is 14.6. The van der Waals surface area contributed by atoms with Gasteiger partial charge < -0.3 is 14.6 Å². The maximum absolute atomic E-state index is 12.6. The molecule has 0 saturated heterocycles. The molecule has 0 aliphatic carbocycles. The molecule has 20 heavy (non-hydrogen) atoms. The summed E-state index contributed by atoms with van der Waals surface area (Å²) in [6.45, 7) is 0.341. The van der Waals surface area contributed by atoms with E-state index in [1.54, 1.807) is 0 Å². The Bertz CT molecular complexity index is 490. The molecule has 0 amide bonds. The molecule has 1 aromatic rings. The molecule has 1 heterocycles. The number of carbonyl (C=O) groups is 1. The summed E-state index contributed by atoms with van der Waals surface area (Å²) in [5.74, 6) is -2.47. The van der Waals surface area contributed by atoms with Crippen LogP contribution in [0.25, 0.3) is 0 Å². The summed E-state index contributed by atoms with van der Waals surface area (Å²) < 4.78 is 57.0. The monoisotopic (exact) mass is 297 g/mol. The Morgan fingerprint density at radius 2 is 2.10 bits per heavy atom. The third-order valence-electron chi connectivity index (χ3n) is 2.10. The lowest BCUT2D eigenvalue weighted by molar-refractivity contribution is -0.276. The number of nitrogens with zero attached hydrogens (tertiary/aromatic N) is 1. The smallest absolute Gasteiger partial charge is 0.506 e. The van der Waals surface area contributed by atoms with E-state index in [-0.39, 0.29) is 6.61 Å². The molecular formula is C11H11F4NO4. The average molecular weight is 297 g/mol. The van der Waals surface area contributed by atoms with Crippen LogP contribution in [0.4, 0.5) is 17.6 Å². The van der Waals surface area contributed by atoms with Gasteiger partial charge in [-0.05, 0) is 6.92 Å². The Morgan fingerprint density at radius 1 is 1.45 bits per heavy atom. The van der Waals surface area contributed by atoms with Gasteiger partial charge in [-0.1, -0.05) is 0 Å². The molecule has 0 aliphatic heterocycles. The minimum Gasteiger partial charge on any atom is -0.506 e. The number of pyridine rings is 1. The van der Waals surface area contributed by atoms with Crippen molar-refractivity contribution in [1.29, 1.82) is 0 Å². The van der Waals surface area contributed by atoms with Crippen molar-refractivity contribution < 1.29 is 36.9 Å². The third-order valence-corrected chi connectivity index (χ3v) is 2.10. The van der Waals surface area contributed by atoms with Gasteiger partial charge in [0, 0.05) is 11.6 Å². The van der Waals surface area contributed by atoms with Crippen LogP contribution in [0.1, 0.15) is 18.2 Å². The lowest BCUT2D eigenvalue weighted by Gasteiger charge is -2.12. The molecule has 0 aromatic carbocycles. The summed E-state index contributed by atoms with van der Waals surface area (Å²) in [7, 11) is 0. The van der Waals surface area contributed by atoms with Crippen molar-refractivity contribution in [3.63, 3.8) is 0 Å². The van der Waals surface area contributed by atoms with Gasteiger partial charge >= 0.3 is 12.3 Å². The first-order chi connectivity index (χ1) is 9.26. The largest absolute Gasteiger partial charge is 0.574 e. The zero-order valence-corrected chi connectivity index (χ0v) is 10.3. The second-order valence-electron chi connectivity index (χ2n) is 3.58. The molecule has 0 aliphatic rings. The van der Waals surface area contributed by atoms with E-state index in [1.165, 1.54) is 6.92 Å². The number of halogens is 4. The van der Waals surface area contributed by atoms with Gasteiger partial charge in [0.15, 0.2) is 0 Å². The van der Waals surface area contributed by atoms with Crippen LogP contribution in [-0.2, 0) is 22.6 Å². The zero-order valence-electron chi connectivity index (χ0n) is 10.3. The van der Waals surface area contributed by atoms with Crippen molar-refractivity contribution in [3.8, 4) is 11.6 Å². The highest BCUT2D eigenvalue weighted by Gasteiger charge is 2.32. The Morgan fingerprint density at radius 3 is 2.60 bits per heavy atom. The molecule has 9 heteroatoms. The van der Waals surface area contributed by atoms with Crippen molar-refractivity contribution in [2.75, 3.05) is 6.61 Å². The van der Waals surface area contributed by atoms with E-state index >= 15 is 0 Å². The topological polar surface area (TPSA) is 68.7 Å². The zero-order chi connectivity index (χ0) is 15.3. The standard InChI is InChI=1S/C11H11F4NO4/c1-2-19-9(17)4-7-10(18)6(5-12)3-8(16-7)20-11(13,14)15/h3,18H,2,4-5H2,1H3. The number of carbonyl (C=O) groups excluding carboxylic acids is 1. The van der Waals surface area contributed by atoms with Crippen molar-refractivity contribution in [1.82, 2.24) is 4.98 Å². The van der Waals surface area contributed by atoms with E-state index in [9.17, 15) is 27.5 Å². The maximum Gasteiger partial charge on any atom is 0.574 e. The fourth-order valence-electron chi connectivity index (χ4n) is 1.37. The predicted molar refractivity (Wildman–Crippen MR) is 57.7 cm³/mol. The number of hydrogen-bond donors (Lipinski definition) is 1. The van der Waals surface area contributed by atoms with Crippen molar-refractivity contribution in [2.24, 2.45) is 0 Å². The molecule has 0 spiro atoms. The minimum absolute atomic E-state index is 0.0499. The van der Waals surface area contributed by atoms with Gasteiger partial charge in [-0.15, -0.1) is 13.2 Å². The van der Waals surface area contributed by atoms with E-state index < -0.39 is 48.3 Å². The van der Waals surface area contributed by atoms with Crippen LogP contribution < -0.4 is 4.74 Å². The first kappa shape index (κ1) is 16.0. The number of alkyl halides is 4. The van der Waals surface area contributed by atoms with E-state index in [0.29, 0.717) is 6.07 Å². The molecule has 0 unspecified atom stereocenters. The van der Waals surface area contributed by atoms with Crippen molar-refractivity contribution in [3.05, 3.63) is 17.3 Å². The lowest BCUT2D eigenvalue weighted by Crippen LogP contribution is -2.19. The van der Waals surface area contributed by atoms with Gasteiger partial charge in [-0.3, -0.25) is 4.79 Å². The van der Waals surface area contributed by atoms with E-state index in [0.717, 1.165) is 0 Å². The molecular weight excluding hydrogens is 286 g/mol. The van der Waals surface area contributed by atoms with Crippen LogP contribution in [0.15, 0.2) is 6.07 Å². The summed E-state index contributed by atoms with van der Waals surface area (Å²) in [6.07, 6.45) is -5.61. The minimum atomic E-state index is -5.02. The second-order valence-corrected chi connectivity index (χ2v) is 3.58. The molecule has 0 bridgehead atoms. The predicted octanol–water partition coefficient (Wildman–Crippen LogP) is 2.26. The van der Waals surface area contributed by atoms with Crippen LogP contribution in [0, 0.1) is 0 Å². The van der Waals surface area contributed by atoms with Gasteiger partial charge in [-0.2, -0.15) is 0 Å². The molecule has 1 rings (SSSR count). The molecule has 0 fully saturated rings. The highest BCUT2D eigenvalue weighted by molar-refractivity contribution is 5.73. The van der Waals surface area contributed by atoms with Gasteiger partial charge in [0.25, 0.3) is 0 Å². The van der Waals surface area contributed by atoms with E-state index in [2.05, 4.69) is 14.5 Å². The van der Waals surface area contributed by atoms with E-state index in [4.69, 9.17) is 0 Å². The quantitative estimate of drug-likeness (QED) is 0.667. The summed E-state index contributed by atoms with van der Waals surface area (Å²) in [5.41, 5.74) is -0.906. The third kappa shape index (κ3) is 4.56. The lowest BCUT2D eigenvalue weighted by atomic mass is 10.1. The highest BCUT2D eigenvalue weighted by atomic mass is 19.4. The normalized spacial score (nSPS) is 11.2. The van der Waals surface area contributed by atoms with Crippen molar-refractivity contribution >= 4 is 5.97 Å². The number of rotatable bonds is 5. The second kappa shape index (κ2) is 6.40. The van der Waals surface area contributed by atoms with Gasteiger partial charge in [0.1, 0.15) is 12.4 Å². The first-order valence-electron chi connectivity index (χ1n) is 5.46. The number of aromatic hydroxyl groups is 1. The van der Waals surface area contributed by atoms with Crippen molar-refractivity contribution in [2.45, 2.75) is 26.4 Å². The number of esters is 1. The summed E-state index contributed by atoms with van der Waals surface area (Å²) in [6, 6.07) is 0.609. The molecule has 5 nitrogen and oxygen atoms in total. The highest BCUT2D eigenvalue weighted by Crippen LogP contribution is 2.29. The Kier molecular flexibility index (Phi) is 5.12. The Labute approximate surface area is 111 Å². The molecule has 0 radical (unpaired) electrons. The van der Waals surface area contributed by atoms with E-state index in [1.807, 2.05) is 0 Å². The van der Waals surface area contributed by atoms with Crippen LogP contribution in [0.5, 0.6) is 11.6 Å². The van der Waals surface area contributed by atoms with Crippen LogP contribution in [-0.4, -0.2) is 29.0 Å². The van der Waals surface area contributed by atoms with Crippen LogP contribution >= 0.6 is 0 Å². The maximum atomic E-state index is 12.6. The SMILES string of the molecule is CCOC(=O)Cc1nc(OC(F)(F)F)cc(CF)c1O. The molecule has 1 N–H and O–H groups in total. The number of aromatic nitrogens is 1. The van der Waals surface area contributed by atoms with Gasteiger partial charge in [-0.25, -0.2) is 9.37 Å². The summed E-state index contributed by atoms with van der Waals surface area (Å²) >= 11 is 0.